The fraction of sp³-hybridized carbons (Fsp3) is 0. The summed E-state index contributed by atoms with van der Waals surface area (Å²) < 4.78 is 8.88. The molecule has 0 aromatic carbocycles. The second-order valence-corrected chi connectivity index (χ2v) is 1.54. The molecule has 0 aliphatic heterocycles. The Hall–Kier alpha value is 1.71. The summed E-state index contributed by atoms with van der Waals surface area (Å²) in [7, 11) is -4.64. The van der Waals surface area contributed by atoms with Crippen molar-refractivity contribution in [2.75, 3.05) is 0 Å². The number of hydrogen-bond donors (Lipinski definition) is 3. The third-order valence-electron chi connectivity index (χ3n) is 0. The zero-order valence-corrected chi connectivity index (χ0v) is 9.80. The molecule has 0 rings (SSSR count). The van der Waals surface area contributed by atoms with Gasteiger partial charge >= 0.3 is 7.82 Å². The van der Waals surface area contributed by atoms with E-state index in [0.717, 1.165) is 0 Å². The van der Waals surface area contributed by atoms with E-state index in [1.807, 2.05) is 0 Å². The summed E-state index contributed by atoms with van der Waals surface area (Å²) >= 11 is 0. The molecule has 0 heterocycles. The SMILES string of the molecule is O=P(O)(O)O.[Sn].[Sn]. The van der Waals surface area contributed by atoms with Gasteiger partial charge in [0, 0.05) is 47.8 Å². The van der Waals surface area contributed by atoms with Crippen LogP contribution in [-0.2, 0) is 4.57 Å². The fourth-order valence-corrected chi connectivity index (χ4v) is 0. The molecule has 0 aliphatic rings. The first kappa shape index (κ1) is 15.9. The van der Waals surface area contributed by atoms with Crippen LogP contribution in [0.5, 0.6) is 0 Å². The summed E-state index contributed by atoms with van der Waals surface area (Å²) in [5.74, 6) is 0. The Kier molecular flexibility index (Phi) is 13.2. The fourth-order valence-electron chi connectivity index (χ4n) is 0. The van der Waals surface area contributed by atoms with Crippen molar-refractivity contribution in [3.63, 3.8) is 0 Å². The van der Waals surface area contributed by atoms with Gasteiger partial charge in [0.1, 0.15) is 0 Å². The Morgan fingerprint density at radius 2 is 1.00 bits per heavy atom. The Labute approximate surface area is 74.5 Å². The molecule has 0 saturated carbocycles. The Balaban J connectivity index is -0.0000000800. The maximum atomic E-state index is 8.88. The Morgan fingerprint density at radius 1 is 1.00 bits per heavy atom. The van der Waals surface area contributed by atoms with Crippen LogP contribution in [0, 0.1) is 0 Å². The molecule has 0 amide bonds. The summed E-state index contributed by atoms with van der Waals surface area (Å²) in [6.07, 6.45) is 0. The monoisotopic (exact) mass is 338 g/mol. The number of hydrogen-bond acceptors (Lipinski definition) is 1. The molecule has 8 radical (unpaired) electrons. The summed E-state index contributed by atoms with van der Waals surface area (Å²) in [5, 5.41) is 0. The third kappa shape index (κ3) is 86.1. The standard InChI is InChI=1S/H3O4P.2Sn/c1-5(2,3)4;;/h(H3,1,2,3,4);;. The topological polar surface area (TPSA) is 77.8 Å². The normalized spacial score (nSPS) is 8.43. The van der Waals surface area contributed by atoms with E-state index in [0.29, 0.717) is 0 Å². The van der Waals surface area contributed by atoms with Gasteiger partial charge in [-0.2, -0.15) is 0 Å². The van der Waals surface area contributed by atoms with Crippen LogP contribution in [0.1, 0.15) is 0 Å². The maximum Gasteiger partial charge on any atom is 0.466 e. The van der Waals surface area contributed by atoms with Gasteiger partial charge in [-0.3, -0.25) is 0 Å². The number of phosphoric acid groups is 1. The van der Waals surface area contributed by atoms with Crippen molar-refractivity contribution in [3.05, 3.63) is 0 Å². The molecular formula is H3O4PSn2. The first-order valence-electron chi connectivity index (χ1n) is 0.783. The molecular weight excluding hydrogens is 332 g/mol. The van der Waals surface area contributed by atoms with Crippen LogP contribution >= 0.6 is 7.82 Å². The summed E-state index contributed by atoms with van der Waals surface area (Å²) in [6.45, 7) is 0. The molecule has 40 valence electrons. The van der Waals surface area contributed by atoms with Crippen molar-refractivity contribution in [1.82, 2.24) is 0 Å². The van der Waals surface area contributed by atoms with Gasteiger partial charge in [0.25, 0.3) is 0 Å². The van der Waals surface area contributed by atoms with E-state index in [1.54, 1.807) is 0 Å². The first-order chi connectivity index (χ1) is 2.00. The van der Waals surface area contributed by atoms with Crippen LogP contribution in [0.3, 0.4) is 0 Å². The summed E-state index contributed by atoms with van der Waals surface area (Å²) in [4.78, 5) is 21.6. The van der Waals surface area contributed by atoms with E-state index in [4.69, 9.17) is 19.2 Å². The number of rotatable bonds is 0. The van der Waals surface area contributed by atoms with Crippen molar-refractivity contribution in [3.8, 4) is 0 Å². The third-order valence-corrected chi connectivity index (χ3v) is 0. The molecule has 4 nitrogen and oxygen atoms in total. The van der Waals surface area contributed by atoms with Crippen molar-refractivity contribution in [2.24, 2.45) is 0 Å². The van der Waals surface area contributed by atoms with Crippen molar-refractivity contribution in [2.45, 2.75) is 0 Å². The van der Waals surface area contributed by atoms with E-state index in [2.05, 4.69) is 0 Å². The predicted octanol–water partition coefficient (Wildman–Crippen LogP) is -1.69. The predicted molar refractivity (Wildman–Crippen MR) is 25.8 cm³/mol. The van der Waals surface area contributed by atoms with E-state index in [9.17, 15) is 0 Å². The molecule has 0 aliphatic carbocycles. The van der Waals surface area contributed by atoms with Crippen molar-refractivity contribution < 1.29 is 19.2 Å². The largest absolute Gasteiger partial charge is 0.466 e. The Bertz CT molecular complexity index is 55.8. The van der Waals surface area contributed by atoms with E-state index < -0.39 is 7.82 Å². The van der Waals surface area contributed by atoms with Crippen LogP contribution in [-0.4, -0.2) is 62.5 Å². The minimum absolute atomic E-state index is 0. The van der Waals surface area contributed by atoms with Gasteiger partial charge in [-0.1, -0.05) is 0 Å². The van der Waals surface area contributed by atoms with Crippen molar-refractivity contribution in [1.29, 1.82) is 0 Å². The zero-order valence-electron chi connectivity index (χ0n) is 3.20. The van der Waals surface area contributed by atoms with E-state index >= 15 is 0 Å². The van der Waals surface area contributed by atoms with Crippen molar-refractivity contribution >= 4 is 55.6 Å². The van der Waals surface area contributed by atoms with Gasteiger partial charge in [-0.05, 0) is 0 Å². The molecule has 0 spiro atoms. The molecule has 0 fully saturated rings. The van der Waals surface area contributed by atoms with Crippen LogP contribution in [0.4, 0.5) is 0 Å². The van der Waals surface area contributed by atoms with Gasteiger partial charge in [-0.25, -0.2) is 4.57 Å². The zero-order chi connectivity index (χ0) is 4.50. The van der Waals surface area contributed by atoms with Crippen LogP contribution in [0.2, 0.25) is 0 Å². The average molecular weight is 335 g/mol. The molecule has 7 heavy (non-hydrogen) atoms. The molecule has 3 N–H and O–H groups in total. The van der Waals surface area contributed by atoms with Gasteiger partial charge in [0.15, 0.2) is 0 Å². The Morgan fingerprint density at radius 3 is 1.00 bits per heavy atom. The van der Waals surface area contributed by atoms with Gasteiger partial charge in [0.2, 0.25) is 0 Å². The maximum absolute atomic E-state index is 8.88. The molecule has 7 heteroatoms. The minimum atomic E-state index is -4.64. The quantitative estimate of drug-likeness (QED) is 0.365. The van der Waals surface area contributed by atoms with Crippen LogP contribution in [0.25, 0.3) is 0 Å². The molecule has 0 bridgehead atoms. The average Bonchev–Trinajstić information content (AvgIpc) is 0.722. The smallest absolute Gasteiger partial charge is 0.303 e. The van der Waals surface area contributed by atoms with Crippen LogP contribution in [0.15, 0.2) is 0 Å². The summed E-state index contributed by atoms with van der Waals surface area (Å²) in [5.41, 5.74) is 0. The molecule has 0 atom stereocenters. The first-order valence-corrected chi connectivity index (χ1v) is 2.35. The van der Waals surface area contributed by atoms with Crippen LogP contribution < -0.4 is 0 Å². The van der Waals surface area contributed by atoms with Gasteiger partial charge in [0.05, 0.1) is 0 Å². The summed E-state index contributed by atoms with van der Waals surface area (Å²) in [6, 6.07) is 0. The van der Waals surface area contributed by atoms with Gasteiger partial charge < -0.3 is 14.7 Å². The van der Waals surface area contributed by atoms with E-state index in [-0.39, 0.29) is 47.8 Å². The second-order valence-electron chi connectivity index (χ2n) is 0.513. The molecule has 0 saturated heterocycles. The molecule has 0 unspecified atom stereocenters. The second kappa shape index (κ2) is 5.84. The molecule has 0 aromatic heterocycles. The van der Waals surface area contributed by atoms with Gasteiger partial charge in [-0.15, -0.1) is 0 Å². The van der Waals surface area contributed by atoms with E-state index in [1.165, 1.54) is 0 Å². The minimum Gasteiger partial charge on any atom is -0.303 e. The molecule has 0 aromatic rings.